The van der Waals surface area contributed by atoms with Crippen LogP contribution in [0.2, 0.25) is 0 Å². The van der Waals surface area contributed by atoms with Gasteiger partial charge in [-0.15, -0.1) is 0 Å². The molecule has 0 saturated heterocycles. The molecule has 78 valence electrons. The molecule has 1 amide bonds. The lowest BCUT2D eigenvalue weighted by Gasteiger charge is -2.14. The zero-order valence-corrected chi connectivity index (χ0v) is 7.79. The number of nitriles is 1. The van der Waals surface area contributed by atoms with E-state index in [2.05, 4.69) is 0 Å². The topological polar surface area (TPSA) is 107 Å². The van der Waals surface area contributed by atoms with Gasteiger partial charge in [-0.25, -0.2) is 0 Å². The summed E-state index contributed by atoms with van der Waals surface area (Å²) in [4.78, 5) is 10.6. The highest BCUT2D eigenvalue weighted by Gasteiger charge is 2.23. The van der Waals surface area contributed by atoms with E-state index in [1.807, 2.05) is 6.07 Å². The first-order valence-corrected chi connectivity index (χ1v) is 4.21. The number of aliphatic hydroxyl groups is 2. The lowest BCUT2D eigenvalue weighted by molar-refractivity contribution is -0.131. The molecule has 1 rings (SSSR count). The summed E-state index contributed by atoms with van der Waals surface area (Å²) in [5.74, 6) is -1.01. The first kappa shape index (κ1) is 11.2. The second-order valence-electron chi connectivity index (χ2n) is 3.03. The van der Waals surface area contributed by atoms with Crippen LogP contribution in [-0.4, -0.2) is 22.2 Å². The molecule has 0 radical (unpaired) electrons. The molecule has 5 heteroatoms. The maximum atomic E-state index is 10.6. The van der Waals surface area contributed by atoms with Crippen LogP contribution in [0.4, 0.5) is 0 Å². The van der Waals surface area contributed by atoms with E-state index in [-0.39, 0.29) is 5.56 Å². The van der Waals surface area contributed by atoms with E-state index in [4.69, 9.17) is 11.0 Å². The molecule has 2 atom stereocenters. The third-order valence-corrected chi connectivity index (χ3v) is 1.95. The van der Waals surface area contributed by atoms with Gasteiger partial charge in [0, 0.05) is 0 Å². The van der Waals surface area contributed by atoms with Gasteiger partial charge in [0.1, 0.15) is 6.10 Å². The molecule has 2 unspecified atom stereocenters. The maximum Gasteiger partial charge on any atom is 0.249 e. The van der Waals surface area contributed by atoms with E-state index in [1.54, 1.807) is 12.1 Å². The van der Waals surface area contributed by atoms with Crippen LogP contribution in [0, 0.1) is 11.3 Å². The SMILES string of the molecule is N#Cc1cccc(C(O)C(O)C(N)=O)c1. The molecule has 0 fully saturated rings. The molecular weight excluding hydrogens is 196 g/mol. The Morgan fingerprint density at radius 2 is 2.13 bits per heavy atom. The molecule has 0 aliphatic carbocycles. The Labute approximate surface area is 86.4 Å². The van der Waals surface area contributed by atoms with Crippen molar-refractivity contribution in [2.24, 2.45) is 5.73 Å². The normalized spacial score (nSPS) is 13.9. The lowest BCUT2D eigenvalue weighted by Crippen LogP contribution is -2.33. The third-order valence-electron chi connectivity index (χ3n) is 1.95. The fourth-order valence-electron chi connectivity index (χ4n) is 1.13. The van der Waals surface area contributed by atoms with Gasteiger partial charge >= 0.3 is 0 Å². The van der Waals surface area contributed by atoms with Crippen LogP contribution in [0.3, 0.4) is 0 Å². The molecule has 1 aromatic carbocycles. The smallest absolute Gasteiger partial charge is 0.249 e. The highest BCUT2D eigenvalue weighted by molar-refractivity contribution is 5.79. The maximum absolute atomic E-state index is 10.6. The standard InChI is InChI=1S/C10H10N2O3/c11-5-6-2-1-3-7(4-6)8(13)9(14)10(12)15/h1-4,8-9,13-14H,(H2,12,15). The minimum Gasteiger partial charge on any atom is -0.385 e. The van der Waals surface area contributed by atoms with Gasteiger partial charge in [-0.05, 0) is 17.7 Å². The molecular formula is C10H10N2O3. The molecule has 0 spiro atoms. The number of benzene rings is 1. The minimum atomic E-state index is -1.67. The van der Waals surface area contributed by atoms with E-state index in [0.29, 0.717) is 5.56 Å². The van der Waals surface area contributed by atoms with Gasteiger partial charge in [0.05, 0.1) is 11.6 Å². The molecule has 0 aliphatic rings. The zero-order chi connectivity index (χ0) is 11.4. The first-order valence-electron chi connectivity index (χ1n) is 4.21. The highest BCUT2D eigenvalue weighted by atomic mass is 16.3. The van der Waals surface area contributed by atoms with Gasteiger partial charge in [0.2, 0.25) is 5.91 Å². The number of carbonyl (C=O) groups excluding carboxylic acids is 1. The zero-order valence-electron chi connectivity index (χ0n) is 7.79. The molecule has 4 N–H and O–H groups in total. The van der Waals surface area contributed by atoms with Gasteiger partial charge in [-0.3, -0.25) is 4.79 Å². The summed E-state index contributed by atoms with van der Waals surface area (Å²) >= 11 is 0. The van der Waals surface area contributed by atoms with Gasteiger partial charge in [0.25, 0.3) is 0 Å². The molecule has 1 aromatic rings. The van der Waals surface area contributed by atoms with Gasteiger partial charge in [-0.1, -0.05) is 12.1 Å². The number of hydrogen-bond acceptors (Lipinski definition) is 4. The number of nitrogens with two attached hydrogens (primary N) is 1. The largest absolute Gasteiger partial charge is 0.385 e. The number of carbonyl (C=O) groups is 1. The molecule has 0 heterocycles. The number of aliphatic hydroxyl groups excluding tert-OH is 2. The molecule has 0 saturated carbocycles. The Morgan fingerprint density at radius 1 is 1.47 bits per heavy atom. The van der Waals surface area contributed by atoms with Gasteiger partial charge in [0.15, 0.2) is 6.10 Å². The summed E-state index contributed by atoms with van der Waals surface area (Å²) < 4.78 is 0. The summed E-state index contributed by atoms with van der Waals surface area (Å²) in [6.45, 7) is 0. The van der Waals surface area contributed by atoms with Crippen LogP contribution in [0.15, 0.2) is 24.3 Å². The van der Waals surface area contributed by atoms with Crippen LogP contribution >= 0.6 is 0 Å². The van der Waals surface area contributed by atoms with Crippen molar-refractivity contribution in [3.8, 4) is 6.07 Å². The quantitative estimate of drug-likeness (QED) is 0.615. The summed E-state index contributed by atoms with van der Waals surface area (Å²) in [6.07, 6.45) is -3.07. The van der Waals surface area contributed by atoms with Crippen molar-refractivity contribution in [3.63, 3.8) is 0 Å². The van der Waals surface area contributed by atoms with Crippen molar-refractivity contribution < 1.29 is 15.0 Å². The second-order valence-corrected chi connectivity index (χ2v) is 3.03. The van der Waals surface area contributed by atoms with Crippen LogP contribution in [0.1, 0.15) is 17.2 Å². The van der Waals surface area contributed by atoms with Crippen LogP contribution in [0.25, 0.3) is 0 Å². The Balaban J connectivity index is 2.96. The lowest BCUT2D eigenvalue weighted by atomic mass is 10.0. The van der Waals surface area contributed by atoms with Crippen molar-refractivity contribution in [1.82, 2.24) is 0 Å². The third kappa shape index (κ3) is 2.53. The van der Waals surface area contributed by atoms with E-state index >= 15 is 0 Å². The predicted octanol–water partition coefficient (Wildman–Crippen LogP) is -0.562. The number of nitrogens with zero attached hydrogens (tertiary/aromatic N) is 1. The Morgan fingerprint density at radius 3 is 2.67 bits per heavy atom. The summed E-state index contributed by atoms with van der Waals surface area (Å²) in [7, 11) is 0. The first-order chi connectivity index (χ1) is 7.06. The number of rotatable bonds is 3. The van der Waals surface area contributed by atoms with Gasteiger partial charge in [-0.2, -0.15) is 5.26 Å². The average molecular weight is 206 g/mol. The van der Waals surface area contributed by atoms with E-state index < -0.39 is 18.1 Å². The fourth-order valence-corrected chi connectivity index (χ4v) is 1.13. The van der Waals surface area contributed by atoms with Crippen LogP contribution in [0.5, 0.6) is 0 Å². The average Bonchev–Trinajstić information content (AvgIpc) is 2.27. The summed E-state index contributed by atoms with van der Waals surface area (Å²) in [5, 5.41) is 27.3. The Hall–Kier alpha value is -1.90. The number of hydrogen-bond donors (Lipinski definition) is 3. The molecule has 15 heavy (non-hydrogen) atoms. The monoisotopic (exact) mass is 206 g/mol. The number of amides is 1. The van der Waals surface area contributed by atoms with Crippen molar-refractivity contribution in [1.29, 1.82) is 5.26 Å². The Bertz CT molecular complexity index is 411. The second kappa shape index (κ2) is 4.55. The highest BCUT2D eigenvalue weighted by Crippen LogP contribution is 2.17. The fraction of sp³-hybridized carbons (Fsp3) is 0.200. The van der Waals surface area contributed by atoms with Crippen molar-refractivity contribution in [2.45, 2.75) is 12.2 Å². The predicted molar refractivity (Wildman–Crippen MR) is 51.3 cm³/mol. The minimum absolute atomic E-state index is 0.278. The van der Waals surface area contributed by atoms with E-state index in [0.717, 1.165) is 0 Å². The van der Waals surface area contributed by atoms with Crippen molar-refractivity contribution >= 4 is 5.91 Å². The van der Waals surface area contributed by atoms with E-state index in [9.17, 15) is 15.0 Å². The van der Waals surface area contributed by atoms with Crippen LogP contribution < -0.4 is 5.73 Å². The molecule has 5 nitrogen and oxygen atoms in total. The van der Waals surface area contributed by atoms with Crippen molar-refractivity contribution in [3.05, 3.63) is 35.4 Å². The Kier molecular flexibility index (Phi) is 3.39. The van der Waals surface area contributed by atoms with Gasteiger partial charge < -0.3 is 15.9 Å². The summed E-state index contributed by atoms with van der Waals surface area (Å²) in [6, 6.07) is 7.86. The molecule has 0 bridgehead atoms. The van der Waals surface area contributed by atoms with Crippen molar-refractivity contribution in [2.75, 3.05) is 0 Å². The number of primary amides is 1. The van der Waals surface area contributed by atoms with E-state index in [1.165, 1.54) is 12.1 Å². The molecule has 0 aromatic heterocycles. The molecule has 0 aliphatic heterocycles. The van der Waals surface area contributed by atoms with Crippen LogP contribution in [-0.2, 0) is 4.79 Å². The summed E-state index contributed by atoms with van der Waals surface area (Å²) in [5.41, 5.74) is 5.45.